The Labute approximate surface area is 99.4 Å². The number of anilines is 1. The number of hydrogen-bond acceptors (Lipinski definition) is 4. The largest absolute Gasteiger partial charge is 0.467 e. The molecule has 0 amide bonds. The maximum atomic E-state index is 11.3. The van der Waals surface area contributed by atoms with Crippen LogP contribution in [0, 0.1) is 0 Å². The summed E-state index contributed by atoms with van der Waals surface area (Å²) < 4.78 is 4.49. The first-order chi connectivity index (χ1) is 7.49. The first-order valence-corrected chi connectivity index (χ1v) is 5.08. The maximum absolute atomic E-state index is 11.3. The summed E-state index contributed by atoms with van der Waals surface area (Å²) in [4.78, 5) is 13.1. The predicted octanol–water partition coefficient (Wildman–Crippen LogP) is 1.61. The van der Waals surface area contributed by atoms with Gasteiger partial charge in [0.05, 0.1) is 7.11 Å². The molecular weight excluding hydrogens is 230 g/mol. The number of benzene rings is 1. The molecule has 4 nitrogen and oxygen atoms in total. The van der Waals surface area contributed by atoms with Crippen molar-refractivity contribution in [2.45, 2.75) is 6.10 Å². The molecule has 0 heterocycles. The van der Waals surface area contributed by atoms with Crippen molar-refractivity contribution in [1.82, 2.24) is 0 Å². The molecule has 1 aromatic carbocycles. The molecule has 1 aromatic rings. The molecule has 0 aliphatic heterocycles. The van der Waals surface area contributed by atoms with E-state index in [0.29, 0.717) is 16.3 Å². The smallest absolute Gasteiger partial charge is 0.339 e. The fraction of sp³-hybridized carbons (Fsp3) is 0.364. The van der Waals surface area contributed by atoms with E-state index in [1.54, 1.807) is 37.2 Å². The third kappa shape index (κ3) is 2.46. The van der Waals surface area contributed by atoms with E-state index >= 15 is 0 Å². The number of esters is 1. The Kier molecular flexibility index (Phi) is 4.15. The third-order valence-corrected chi connectivity index (χ3v) is 2.54. The summed E-state index contributed by atoms with van der Waals surface area (Å²) in [5, 5.41) is 10.2. The Morgan fingerprint density at radius 3 is 2.62 bits per heavy atom. The van der Waals surface area contributed by atoms with Crippen LogP contribution in [0.3, 0.4) is 0 Å². The van der Waals surface area contributed by atoms with Gasteiger partial charge in [-0.25, -0.2) is 4.79 Å². The zero-order chi connectivity index (χ0) is 12.3. The van der Waals surface area contributed by atoms with Gasteiger partial charge in [0.15, 0.2) is 6.10 Å². The van der Waals surface area contributed by atoms with Crippen LogP contribution in [0.1, 0.15) is 11.7 Å². The number of ether oxygens (including phenoxy) is 1. The zero-order valence-corrected chi connectivity index (χ0v) is 10.2. The average molecular weight is 244 g/mol. The monoisotopic (exact) mass is 243 g/mol. The number of nitrogens with zero attached hydrogens (tertiary/aromatic N) is 1. The molecule has 0 spiro atoms. The number of methoxy groups -OCH3 is 1. The molecule has 0 saturated carbocycles. The Bertz CT molecular complexity index is 393. The van der Waals surface area contributed by atoms with Crippen molar-refractivity contribution in [2.24, 2.45) is 0 Å². The van der Waals surface area contributed by atoms with Crippen LogP contribution < -0.4 is 4.90 Å². The van der Waals surface area contributed by atoms with Gasteiger partial charge in [0.1, 0.15) is 0 Å². The minimum atomic E-state index is -1.36. The van der Waals surface area contributed by atoms with Gasteiger partial charge in [-0.2, -0.15) is 0 Å². The van der Waals surface area contributed by atoms with Crippen LogP contribution >= 0.6 is 11.6 Å². The summed E-state index contributed by atoms with van der Waals surface area (Å²) in [5.41, 5.74) is 1.05. The number of halogens is 1. The van der Waals surface area contributed by atoms with Gasteiger partial charge in [-0.1, -0.05) is 17.7 Å². The second-order valence-electron chi connectivity index (χ2n) is 3.49. The lowest BCUT2D eigenvalue weighted by atomic mass is 10.1. The normalized spacial score (nSPS) is 12.1. The fourth-order valence-electron chi connectivity index (χ4n) is 1.42. The van der Waals surface area contributed by atoms with Crippen LogP contribution in [-0.2, 0) is 9.53 Å². The molecule has 1 unspecified atom stereocenters. The number of hydrogen-bond donors (Lipinski definition) is 1. The molecule has 0 aromatic heterocycles. The Morgan fingerprint density at radius 1 is 1.50 bits per heavy atom. The van der Waals surface area contributed by atoms with Gasteiger partial charge in [0, 0.05) is 30.4 Å². The van der Waals surface area contributed by atoms with Gasteiger partial charge in [0.25, 0.3) is 0 Å². The van der Waals surface area contributed by atoms with Crippen molar-refractivity contribution >= 4 is 23.3 Å². The van der Waals surface area contributed by atoms with Crippen molar-refractivity contribution < 1.29 is 14.6 Å². The third-order valence-electron chi connectivity index (χ3n) is 2.21. The quantitative estimate of drug-likeness (QED) is 0.820. The second kappa shape index (κ2) is 5.18. The maximum Gasteiger partial charge on any atom is 0.339 e. The van der Waals surface area contributed by atoms with Gasteiger partial charge in [-0.05, 0) is 12.1 Å². The number of rotatable bonds is 3. The molecule has 16 heavy (non-hydrogen) atoms. The first kappa shape index (κ1) is 12.8. The van der Waals surface area contributed by atoms with E-state index in [4.69, 9.17) is 11.6 Å². The summed E-state index contributed by atoms with van der Waals surface area (Å²) in [6.45, 7) is 0. The fourth-order valence-corrected chi connectivity index (χ4v) is 1.69. The molecule has 0 radical (unpaired) electrons. The lowest BCUT2D eigenvalue weighted by molar-refractivity contribution is -0.150. The molecule has 1 N–H and O–H groups in total. The van der Waals surface area contributed by atoms with Crippen LogP contribution in [0.4, 0.5) is 5.69 Å². The summed E-state index contributed by atoms with van der Waals surface area (Å²) in [6, 6.07) is 5.15. The molecule has 0 bridgehead atoms. The predicted molar refractivity (Wildman–Crippen MR) is 62.8 cm³/mol. The zero-order valence-electron chi connectivity index (χ0n) is 9.40. The standard InChI is InChI=1S/C11H14ClNO3/c1-13(2)8-6-4-5-7(12)9(8)10(14)11(15)16-3/h4-6,10,14H,1-3H3. The Morgan fingerprint density at radius 2 is 2.12 bits per heavy atom. The van der Waals surface area contributed by atoms with Crippen molar-refractivity contribution in [3.63, 3.8) is 0 Å². The molecule has 0 saturated heterocycles. The highest BCUT2D eigenvalue weighted by Gasteiger charge is 2.24. The summed E-state index contributed by atoms with van der Waals surface area (Å²) >= 11 is 5.97. The van der Waals surface area contributed by atoms with E-state index in [0.717, 1.165) is 0 Å². The summed E-state index contributed by atoms with van der Waals surface area (Å²) in [7, 11) is 4.83. The minimum absolute atomic E-state index is 0.337. The highest BCUT2D eigenvalue weighted by atomic mass is 35.5. The van der Waals surface area contributed by atoms with Crippen molar-refractivity contribution in [3.05, 3.63) is 28.8 Å². The van der Waals surface area contributed by atoms with Gasteiger partial charge in [-0.3, -0.25) is 0 Å². The minimum Gasteiger partial charge on any atom is -0.467 e. The van der Waals surface area contributed by atoms with E-state index < -0.39 is 12.1 Å². The van der Waals surface area contributed by atoms with E-state index in [-0.39, 0.29) is 0 Å². The van der Waals surface area contributed by atoms with E-state index in [9.17, 15) is 9.90 Å². The SMILES string of the molecule is COC(=O)C(O)c1c(Cl)cccc1N(C)C. The number of aliphatic hydroxyl groups excluding tert-OH is 1. The molecular formula is C11H14ClNO3. The van der Waals surface area contributed by atoms with Crippen LogP contribution in [0.25, 0.3) is 0 Å². The average Bonchev–Trinajstić information content (AvgIpc) is 2.26. The molecule has 1 atom stereocenters. The van der Waals surface area contributed by atoms with Crippen LogP contribution in [-0.4, -0.2) is 32.3 Å². The second-order valence-corrected chi connectivity index (χ2v) is 3.90. The summed E-state index contributed by atoms with van der Waals surface area (Å²) in [5.74, 6) is -0.726. The van der Waals surface area contributed by atoms with E-state index in [1.165, 1.54) is 7.11 Å². The lowest BCUT2D eigenvalue weighted by Crippen LogP contribution is -2.19. The van der Waals surface area contributed by atoms with Crippen molar-refractivity contribution in [3.8, 4) is 0 Å². The molecule has 0 aliphatic rings. The number of carbonyl (C=O) groups is 1. The van der Waals surface area contributed by atoms with E-state index in [2.05, 4.69) is 4.74 Å². The molecule has 0 fully saturated rings. The van der Waals surface area contributed by atoms with Crippen molar-refractivity contribution in [2.75, 3.05) is 26.1 Å². The number of carbonyl (C=O) groups excluding carboxylic acids is 1. The summed E-state index contributed by atoms with van der Waals surface area (Å²) in [6.07, 6.45) is -1.36. The van der Waals surface area contributed by atoms with Crippen LogP contribution in [0.2, 0.25) is 5.02 Å². The first-order valence-electron chi connectivity index (χ1n) is 4.70. The molecule has 5 heteroatoms. The topological polar surface area (TPSA) is 49.8 Å². The van der Waals surface area contributed by atoms with Gasteiger partial charge < -0.3 is 14.7 Å². The van der Waals surface area contributed by atoms with Crippen LogP contribution in [0.5, 0.6) is 0 Å². The highest BCUT2D eigenvalue weighted by molar-refractivity contribution is 6.32. The Hall–Kier alpha value is -1.26. The molecule has 88 valence electrons. The van der Waals surface area contributed by atoms with Gasteiger partial charge >= 0.3 is 5.97 Å². The number of aliphatic hydroxyl groups is 1. The lowest BCUT2D eigenvalue weighted by Gasteiger charge is -2.20. The molecule has 1 rings (SSSR count). The highest BCUT2D eigenvalue weighted by Crippen LogP contribution is 2.32. The van der Waals surface area contributed by atoms with Crippen LogP contribution in [0.15, 0.2) is 18.2 Å². The van der Waals surface area contributed by atoms with Gasteiger partial charge in [0.2, 0.25) is 0 Å². The van der Waals surface area contributed by atoms with Gasteiger partial charge in [-0.15, -0.1) is 0 Å². The Balaban J connectivity index is 3.24. The van der Waals surface area contributed by atoms with E-state index in [1.807, 2.05) is 0 Å². The molecule has 0 aliphatic carbocycles. The van der Waals surface area contributed by atoms with Crippen molar-refractivity contribution in [1.29, 1.82) is 0 Å².